The maximum absolute atomic E-state index is 9.27. The first kappa shape index (κ1) is 11.6. The van der Waals surface area contributed by atoms with E-state index in [2.05, 4.69) is 17.1 Å². The second-order valence-electron chi connectivity index (χ2n) is 3.99. The van der Waals surface area contributed by atoms with E-state index < -0.39 is 0 Å². The van der Waals surface area contributed by atoms with E-state index in [1.54, 1.807) is 6.20 Å². The summed E-state index contributed by atoms with van der Waals surface area (Å²) in [6.45, 7) is 0.799. The molecular weight excluding hydrogens is 212 g/mol. The van der Waals surface area contributed by atoms with Crippen LogP contribution in [0.5, 0.6) is 0 Å². The van der Waals surface area contributed by atoms with Crippen LogP contribution in [-0.2, 0) is 13.2 Å². The fourth-order valence-corrected chi connectivity index (χ4v) is 1.83. The van der Waals surface area contributed by atoms with Gasteiger partial charge in [-0.05, 0) is 11.6 Å². The van der Waals surface area contributed by atoms with E-state index in [0.717, 1.165) is 17.9 Å². The molecule has 0 spiro atoms. The van der Waals surface area contributed by atoms with Gasteiger partial charge in [-0.25, -0.2) is 4.98 Å². The molecule has 0 saturated carbocycles. The van der Waals surface area contributed by atoms with Crippen LogP contribution in [0.1, 0.15) is 11.1 Å². The third kappa shape index (κ3) is 2.82. The normalized spacial score (nSPS) is 10.2. The Morgan fingerprint density at radius 1 is 1.12 bits per heavy atom. The summed E-state index contributed by atoms with van der Waals surface area (Å²) in [6.07, 6.45) is 1.75. The van der Waals surface area contributed by atoms with E-state index in [1.807, 2.05) is 42.3 Å². The lowest BCUT2D eigenvalue weighted by molar-refractivity contribution is 0.281. The van der Waals surface area contributed by atoms with Crippen LogP contribution in [0.4, 0.5) is 5.82 Å². The van der Waals surface area contributed by atoms with Crippen LogP contribution in [0.25, 0.3) is 0 Å². The minimum Gasteiger partial charge on any atom is -0.392 e. The number of benzene rings is 1. The summed E-state index contributed by atoms with van der Waals surface area (Å²) in [5.74, 6) is 0.832. The number of aliphatic hydroxyl groups is 1. The lowest BCUT2D eigenvalue weighted by atomic mass is 10.2. The Kier molecular flexibility index (Phi) is 3.73. The first-order valence-corrected chi connectivity index (χ1v) is 5.61. The molecule has 0 aliphatic rings. The van der Waals surface area contributed by atoms with Gasteiger partial charge >= 0.3 is 0 Å². The molecule has 1 N–H and O–H groups in total. The van der Waals surface area contributed by atoms with Crippen molar-refractivity contribution in [2.75, 3.05) is 11.9 Å². The van der Waals surface area contributed by atoms with E-state index >= 15 is 0 Å². The largest absolute Gasteiger partial charge is 0.392 e. The van der Waals surface area contributed by atoms with E-state index in [9.17, 15) is 5.11 Å². The molecule has 1 aromatic heterocycles. The van der Waals surface area contributed by atoms with Crippen molar-refractivity contribution in [3.05, 3.63) is 59.8 Å². The molecule has 0 amide bonds. The second-order valence-corrected chi connectivity index (χ2v) is 3.99. The molecule has 0 aliphatic carbocycles. The minimum absolute atomic E-state index is 0.0162. The highest BCUT2D eigenvalue weighted by Crippen LogP contribution is 2.17. The van der Waals surface area contributed by atoms with Crippen molar-refractivity contribution in [2.45, 2.75) is 13.2 Å². The van der Waals surface area contributed by atoms with Gasteiger partial charge in [-0.1, -0.05) is 36.4 Å². The van der Waals surface area contributed by atoms with Gasteiger partial charge in [0.15, 0.2) is 0 Å². The Morgan fingerprint density at radius 3 is 2.59 bits per heavy atom. The lowest BCUT2D eigenvalue weighted by Gasteiger charge is -2.20. The number of nitrogens with zero attached hydrogens (tertiary/aromatic N) is 2. The summed E-state index contributed by atoms with van der Waals surface area (Å²) in [7, 11) is 1.98. The summed E-state index contributed by atoms with van der Waals surface area (Å²) in [5, 5.41) is 9.27. The van der Waals surface area contributed by atoms with Gasteiger partial charge < -0.3 is 10.0 Å². The first-order valence-electron chi connectivity index (χ1n) is 5.61. The summed E-state index contributed by atoms with van der Waals surface area (Å²) in [5.41, 5.74) is 2.08. The fourth-order valence-electron chi connectivity index (χ4n) is 1.83. The topological polar surface area (TPSA) is 36.4 Å². The minimum atomic E-state index is 0.0162. The molecule has 0 bridgehead atoms. The zero-order valence-corrected chi connectivity index (χ0v) is 9.87. The number of aliphatic hydroxyl groups excluding tert-OH is 1. The van der Waals surface area contributed by atoms with Gasteiger partial charge in [-0.15, -0.1) is 0 Å². The smallest absolute Gasteiger partial charge is 0.134 e. The van der Waals surface area contributed by atoms with Crippen LogP contribution < -0.4 is 4.90 Å². The number of aromatic nitrogens is 1. The van der Waals surface area contributed by atoms with Crippen molar-refractivity contribution in [3.63, 3.8) is 0 Å². The molecule has 0 radical (unpaired) electrons. The zero-order chi connectivity index (χ0) is 12.1. The second kappa shape index (κ2) is 5.46. The number of rotatable bonds is 4. The fraction of sp³-hybridized carbons (Fsp3) is 0.214. The van der Waals surface area contributed by atoms with E-state index in [1.165, 1.54) is 5.56 Å². The molecule has 1 heterocycles. The summed E-state index contributed by atoms with van der Waals surface area (Å²) < 4.78 is 0. The summed E-state index contributed by atoms with van der Waals surface area (Å²) in [4.78, 5) is 6.35. The van der Waals surface area contributed by atoms with Crippen molar-refractivity contribution in [1.82, 2.24) is 4.98 Å². The molecule has 0 atom stereocenters. The van der Waals surface area contributed by atoms with Gasteiger partial charge in [0.25, 0.3) is 0 Å². The zero-order valence-electron chi connectivity index (χ0n) is 9.87. The Labute approximate surface area is 101 Å². The van der Waals surface area contributed by atoms with Crippen molar-refractivity contribution < 1.29 is 5.11 Å². The SMILES string of the molecule is CN(Cc1ccccc1)c1ncccc1CO. The highest BCUT2D eigenvalue weighted by atomic mass is 16.3. The summed E-state index contributed by atoms with van der Waals surface area (Å²) in [6, 6.07) is 13.9. The molecule has 2 aromatic rings. The van der Waals surface area contributed by atoms with Crippen LogP contribution in [-0.4, -0.2) is 17.1 Å². The maximum atomic E-state index is 9.27. The quantitative estimate of drug-likeness (QED) is 0.871. The molecule has 2 rings (SSSR count). The standard InChI is InChI=1S/C14H16N2O/c1-16(10-12-6-3-2-4-7-12)14-13(11-17)8-5-9-15-14/h2-9,17H,10-11H2,1H3. The van der Waals surface area contributed by atoms with Gasteiger partial charge in [-0.3, -0.25) is 0 Å². The van der Waals surface area contributed by atoms with Crippen molar-refractivity contribution in [1.29, 1.82) is 0 Å². The monoisotopic (exact) mass is 228 g/mol. The van der Waals surface area contributed by atoms with Crippen LogP contribution in [0.2, 0.25) is 0 Å². The number of hydrogen-bond acceptors (Lipinski definition) is 3. The number of anilines is 1. The number of pyridine rings is 1. The summed E-state index contributed by atoms with van der Waals surface area (Å²) >= 11 is 0. The molecule has 1 aromatic carbocycles. The molecule has 3 nitrogen and oxygen atoms in total. The molecule has 0 unspecified atom stereocenters. The lowest BCUT2D eigenvalue weighted by Crippen LogP contribution is -2.19. The average molecular weight is 228 g/mol. The third-order valence-corrected chi connectivity index (χ3v) is 2.66. The molecule has 0 fully saturated rings. The van der Waals surface area contributed by atoms with E-state index in [-0.39, 0.29) is 6.61 Å². The van der Waals surface area contributed by atoms with Crippen LogP contribution in [0.15, 0.2) is 48.7 Å². The molecule has 0 aliphatic heterocycles. The van der Waals surface area contributed by atoms with Crippen LogP contribution in [0, 0.1) is 0 Å². The van der Waals surface area contributed by atoms with Crippen LogP contribution >= 0.6 is 0 Å². The van der Waals surface area contributed by atoms with Crippen molar-refractivity contribution in [2.24, 2.45) is 0 Å². The van der Waals surface area contributed by atoms with E-state index in [4.69, 9.17) is 0 Å². The third-order valence-electron chi connectivity index (χ3n) is 2.66. The highest BCUT2D eigenvalue weighted by molar-refractivity contribution is 5.46. The Balaban J connectivity index is 2.17. The Hall–Kier alpha value is -1.87. The molecule has 88 valence electrons. The van der Waals surface area contributed by atoms with Crippen LogP contribution in [0.3, 0.4) is 0 Å². The molecule has 0 saturated heterocycles. The van der Waals surface area contributed by atoms with Crippen molar-refractivity contribution in [3.8, 4) is 0 Å². The Bertz CT molecular complexity index is 471. The molecular formula is C14H16N2O. The van der Waals surface area contributed by atoms with E-state index in [0.29, 0.717) is 0 Å². The molecule has 3 heteroatoms. The van der Waals surface area contributed by atoms with Gasteiger partial charge in [0, 0.05) is 25.4 Å². The Morgan fingerprint density at radius 2 is 1.88 bits per heavy atom. The van der Waals surface area contributed by atoms with Gasteiger partial charge in [0.1, 0.15) is 5.82 Å². The molecule has 17 heavy (non-hydrogen) atoms. The van der Waals surface area contributed by atoms with Gasteiger partial charge in [-0.2, -0.15) is 0 Å². The predicted octanol–water partition coefficient (Wildman–Crippen LogP) is 2.21. The van der Waals surface area contributed by atoms with Crippen molar-refractivity contribution >= 4 is 5.82 Å². The first-order chi connectivity index (χ1) is 8.31. The highest BCUT2D eigenvalue weighted by Gasteiger charge is 2.07. The van der Waals surface area contributed by atoms with Gasteiger partial charge in [0.05, 0.1) is 6.61 Å². The number of hydrogen-bond donors (Lipinski definition) is 1. The average Bonchev–Trinajstić information content (AvgIpc) is 2.40. The predicted molar refractivity (Wildman–Crippen MR) is 68.7 cm³/mol. The van der Waals surface area contributed by atoms with Gasteiger partial charge in [0.2, 0.25) is 0 Å². The maximum Gasteiger partial charge on any atom is 0.134 e.